The van der Waals surface area contributed by atoms with E-state index in [2.05, 4.69) is 5.32 Å². The van der Waals surface area contributed by atoms with Crippen molar-refractivity contribution in [1.82, 2.24) is 10.2 Å². The minimum absolute atomic E-state index is 0.0404. The molecule has 1 fully saturated rings. The number of hydrogen-bond acceptors (Lipinski definition) is 3. The van der Waals surface area contributed by atoms with E-state index in [1.165, 1.54) is 0 Å². The van der Waals surface area contributed by atoms with Crippen LogP contribution < -0.4 is 5.32 Å². The van der Waals surface area contributed by atoms with Crippen molar-refractivity contribution in [3.63, 3.8) is 0 Å². The van der Waals surface area contributed by atoms with Crippen molar-refractivity contribution >= 4 is 17.8 Å². The van der Waals surface area contributed by atoms with E-state index in [1.807, 2.05) is 49.9 Å². The number of carbonyl (C=O) groups excluding carboxylic acids is 2. The van der Waals surface area contributed by atoms with Crippen molar-refractivity contribution in [3.8, 4) is 0 Å². The third-order valence-electron chi connectivity index (χ3n) is 4.93. The Balaban J connectivity index is 2.01. The van der Waals surface area contributed by atoms with E-state index in [1.54, 1.807) is 0 Å². The first kappa shape index (κ1) is 19.9. The Morgan fingerprint density at radius 2 is 1.81 bits per heavy atom. The molecule has 0 saturated carbocycles. The lowest BCUT2D eigenvalue weighted by Crippen LogP contribution is -2.45. The van der Waals surface area contributed by atoms with Crippen LogP contribution in [0.25, 0.3) is 0 Å². The molecule has 6 nitrogen and oxygen atoms in total. The highest BCUT2D eigenvalue weighted by Gasteiger charge is 2.30. The summed E-state index contributed by atoms with van der Waals surface area (Å²) in [4.78, 5) is 37.8. The van der Waals surface area contributed by atoms with Crippen molar-refractivity contribution in [1.29, 1.82) is 0 Å². The van der Waals surface area contributed by atoms with Gasteiger partial charge in [0.05, 0.1) is 12.5 Å². The molecule has 0 radical (unpaired) electrons. The molecular formula is C20H28N2O4. The predicted molar refractivity (Wildman–Crippen MR) is 98.5 cm³/mol. The first-order valence-corrected chi connectivity index (χ1v) is 9.16. The molecule has 6 heteroatoms. The van der Waals surface area contributed by atoms with E-state index in [0.29, 0.717) is 25.9 Å². The monoisotopic (exact) mass is 360 g/mol. The number of carbonyl (C=O) groups is 3. The minimum atomic E-state index is -0.948. The van der Waals surface area contributed by atoms with E-state index >= 15 is 0 Å². The average molecular weight is 360 g/mol. The Morgan fingerprint density at radius 3 is 2.35 bits per heavy atom. The minimum Gasteiger partial charge on any atom is -0.481 e. The lowest BCUT2D eigenvalue weighted by Gasteiger charge is -2.33. The molecular weight excluding hydrogens is 332 g/mol. The Hall–Kier alpha value is -2.37. The molecule has 0 spiro atoms. The average Bonchev–Trinajstić information content (AvgIpc) is 2.60. The van der Waals surface area contributed by atoms with Gasteiger partial charge in [-0.2, -0.15) is 0 Å². The molecule has 2 N–H and O–H groups in total. The molecule has 1 heterocycles. The Bertz CT molecular complexity index is 664. The van der Waals surface area contributed by atoms with Crippen LogP contribution in [0.2, 0.25) is 0 Å². The van der Waals surface area contributed by atoms with Crippen LogP contribution in [0.15, 0.2) is 24.3 Å². The Labute approximate surface area is 154 Å². The van der Waals surface area contributed by atoms with Crippen molar-refractivity contribution < 1.29 is 19.5 Å². The summed E-state index contributed by atoms with van der Waals surface area (Å²) >= 11 is 0. The van der Waals surface area contributed by atoms with Crippen LogP contribution in [-0.4, -0.2) is 40.9 Å². The lowest BCUT2D eigenvalue weighted by molar-refractivity contribution is -0.140. The number of likely N-dealkylation sites (tertiary alicyclic amines) is 1. The maximum absolute atomic E-state index is 12.7. The number of nitrogens with zero attached hydrogens (tertiary/aromatic N) is 1. The number of benzene rings is 1. The highest BCUT2D eigenvalue weighted by atomic mass is 16.4. The zero-order valence-electron chi connectivity index (χ0n) is 15.7. The summed E-state index contributed by atoms with van der Waals surface area (Å²) in [6.45, 7) is 6.80. The number of piperidine rings is 1. The summed E-state index contributed by atoms with van der Waals surface area (Å²) in [5.74, 6) is -1.19. The number of rotatable bonds is 6. The number of carboxylic acid groups (broad SMARTS) is 1. The molecule has 1 aromatic carbocycles. The number of amides is 2. The van der Waals surface area contributed by atoms with Crippen molar-refractivity contribution in [2.75, 3.05) is 13.1 Å². The van der Waals surface area contributed by atoms with Gasteiger partial charge in [-0.1, -0.05) is 38.1 Å². The van der Waals surface area contributed by atoms with Gasteiger partial charge in [0, 0.05) is 24.9 Å². The smallest absolute Gasteiger partial charge is 0.305 e. The normalized spacial score (nSPS) is 16.4. The second kappa shape index (κ2) is 8.83. The molecule has 1 aliphatic rings. The molecule has 26 heavy (non-hydrogen) atoms. The second-order valence-electron chi connectivity index (χ2n) is 7.27. The van der Waals surface area contributed by atoms with E-state index in [9.17, 15) is 19.5 Å². The van der Waals surface area contributed by atoms with Gasteiger partial charge >= 0.3 is 5.97 Å². The SMILES string of the molecule is Cc1ccccc1C(CC(=O)O)NC(=O)C1CCN(C(=O)C(C)C)CC1. The fourth-order valence-corrected chi connectivity index (χ4v) is 3.41. The van der Waals surface area contributed by atoms with Crippen LogP contribution in [0.1, 0.15) is 50.3 Å². The standard InChI is InChI=1S/C20H28N2O4/c1-13(2)20(26)22-10-8-15(9-11-22)19(25)21-17(12-18(23)24)16-7-5-4-6-14(16)3/h4-7,13,15,17H,8-12H2,1-3H3,(H,21,25)(H,23,24). The predicted octanol–water partition coefficient (Wildman–Crippen LogP) is 2.52. The van der Waals surface area contributed by atoms with Crippen molar-refractivity contribution in [3.05, 3.63) is 35.4 Å². The van der Waals surface area contributed by atoms with Gasteiger partial charge in [-0.05, 0) is 30.9 Å². The van der Waals surface area contributed by atoms with E-state index in [-0.39, 0.29) is 30.1 Å². The first-order valence-electron chi connectivity index (χ1n) is 9.16. The Morgan fingerprint density at radius 1 is 1.19 bits per heavy atom. The van der Waals surface area contributed by atoms with E-state index in [4.69, 9.17) is 0 Å². The summed E-state index contributed by atoms with van der Waals surface area (Å²) in [5, 5.41) is 12.1. The molecule has 1 aliphatic heterocycles. The van der Waals surface area contributed by atoms with Crippen LogP contribution in [0.3, 0.4) is 0 Å². The van der Waals surface area contributed by atoms with Gasteiger partial charge in [0.2, 0.25) is 11.8 Å². The number of aryl methyl sites for hydroxylation is 1. The zero-order chi connectivity index (χ0) is 19.3. The number of nitrogens with one attached hydrogen (secondary N) is 1. The summed E-state index contributed by atoms with van der Waals surface area (Å²) in [7, 11) is 0. The lowest BCUT2D eigenvalue weighted by atomic mass is 9.93. The summed E-state index contributed by atoms with van der Waals surface area (Å²) < 4.78 is 0. The summed E-state index contributed by atoms with van der Waals surface area (Å²) in [6, 6.07) is 6.95. The molecule has 0 aliphatic carbocycles. The third-order valence-corrected chi connectivity index (χ3v) is 4.93. The van der Waals surface area contributed by atoms with Crippen LogP contribution in [0.4, 0.5) is 0 Å². The van der Waals surface area contributed by atoms with Gasteiger partial charge < -0.3 is 15.3 Å². The van der Waals surface area contributed by atoms with Gasteiger partial charge in [0.15, 0.2) is 0 Å². The molecule has 1 unspecified atom stereocenters. The Kier molecular flexibility index (Phi) is 6.77. The van der Waals surface area contributed by atoms with Gasteiger partial charge in [-0.3, -0.25) is 14.4 Å². The van der Waals surface area contributed by atoms with Gasteiger partial charge in [-0.15, -0.1) is 0 Å². The first-order chi connectivity index (χ1) is 12.3. The van der Waals surface area contributed by atoms with Crippen LogP contribution in [0, 0.1) is 18.8 Å². The van der Waals surface area contributed by atoms with Gasteiger partial charge in [-0.25, -0.2) is 0 Å². The van der Waals surface area contributed by atoms with Crippen LogP contribution >= 0.6 is 0 Å². The molecule has 1 atom stereocenters. The van der Waals surface area contributed by atoms with E-state index < -0.39 is 12.0 Å². The molecule has 2 amide bonds. The highest BCUT2D eigenvalue weighted by molar-refractivity contribution is 5.81. The maximum Gasteiger partial charge on any atom is 0.305 e. The summed E-state index contributed by atoms with van der Waals surface area (Å²) in [6.07, 6.45) is 1.07. The molecule has 1 saturated heterocycles. The van der Waals surface area contributed by atoms with Crippen LogP contribution in [-0.2, 0) is 14.4 Å². The second-order valence-corrected chi connectivity index (χ2v) is 7.27. The van der Waals surface area contributed by atoms with Crippen molar-refractivity contribution in [2.24, 2.45) is 11.8 Å². The molecule has 1 aromatic rings. The highest BCUT2D eigenvalue weighted by Crippen LogP contribution is 2.24. The maximum atomic E-state index is 12.7. The quantitative estimate of drug-likeness (QED) is 0.816. The number of carboxylic acids is 1. The topological polar surface area (TPSA) is 86.7 Å². The van der Waals surface area contributed by atoms with Crippen molar-refractivity contribution in [2.45, 2.75) is 46.1 Å². The molecule has 2 rings (SSSR count). The number of aliphatic carboxylic acids is 1. The van der Waals surface area contributed by atoms with Gasteiger partial charge in [0.25, 0.3) is 0 Å². The molecule has 0 bridgehead atoms. The van der Waals surface area contributed by atoms with E-state index in [0.717, 1.165) is 11.1 Å². The zero-order valence-corrected chi connectivity index (χ0v) is 15.7. The largest absolute Gasteiger partial charge is 0.481 e. The number of hydrogen-bond donors (Lipinski definition) is 2. The molecule has 0 aromatic heterocycles. The fourth-order valence-electron chi connectivity index (χ4n) is 3.41. The fraction of sp³-hybridized carbons (Fsp3) is 0.550. The summed E-state index contributed by atoms with van der Waals surface area (Å²) in [5.41, 5.74) is 1.78. The molecule has 142 valence electrons. The van der Waals surface area contributed by atoms with Crippen LogP contribution in [0.5, 0.6) is 0 Å². The van der Waals surface area contributed by atoms with Gasteiger partial charge in [0.1, 0.15) is 0 Å². The third kappa shape index (κ3) is 5.07.